The first-order chi connectivity index (χ1) is 6.17. The summed E-state index contributed by atoms with van der Waals surface area (Å²) >= 11 is 0. The first-order valence-corrected chi connectivity index (χ1v) is 4.66. The fraction of sp³-hybridized carbons (Fsp3) is 0.455. The van der Waals surface area contributed by atoms with Crippen LogP contribution in [0, 0.1) is 5.82 Å². The maximum Gasteiger partial charge on any atom is 0.123 e. The largest absolute Gasteiger partial charge is 0.330 e. The van der Waals surface area contributed by atoms with Gasteiger partial charge in [-0.3, -0.25) is 0 Å². The van der Waals surface area contributed by atoms with Crippen molar-refractivity contribution in [3.8, 4) is 0 Å². The maximum atomic E-state index is 13.1. The highest BCUT2D eigenvalue weighted by Gasteiger charge is 2.05. The Hall–Kier alpha value is -0.890. The van der Waals surface area contributed by atoms with Crippen molar-refractivity contribution in [2.24, 2.45) is 5.73 Å². The zero-order chi connectivity index (χ0) is 9.84. The summed E-state index contributed by atoms with van der Waals surface area (Å²) < 4.78 is 13.1. The lowest BCUT2D eigenvalue weighted by atomic mass is 9.98. The molecule has 1 rings (SSSR count). The highest BCUT2D eigenvalue weighted by molar-refractivity contribution is 5.27. The second kappa shape index (κ2) is 4.38. The second-order valence-electron chi connectivity index (χ2n) is 3.38. The Bertz CT molecular complexity index is 283. The molecule has 0 heterocycles. The molecule has 72 valence electrons. The fourth-order valence-corrected chi connectivity index (χ4v) is 1.30. The van der Waals surface area contributed by atoms with E-state index in [-0.39, 0.29) is 11.7 Å². The van der Waals surface area contributed by atoms with Crippen molar-refractivity contribution < 1.29 is 4.39 Å². The van der Waals surface area contributed by atoms with Gasteiger partial charge in [-0.05, 0) is 42.1 Å². The number of aryl methyl sites for hydroxylation is 1. The van der Waals surface area contributed by atoms with Gasteiger partial charge in [0, 0.05) is 0 Å². The molecular formula is C11H16FN. The molecule has 1 aromatic rings. The van der Waals surface area contributed by atoms with Crippen LogP contribution < -0.4 is 5.73 Å². The lowest BCUT2D eigenvalue weighted by molar-refractivity contribution is 0.619. The minimum Gasteiger partial charge on any atom is -0.330 e. The van der Waals surface area contributed by atoms with Gasteiger partial charge >= 0.3 is 0 Å². The van der Waals surface area contributed by atoms with Crippen molar-refractivity contribution in [3.63, 3.8) is 0 Å². The van der Waals surface area contributed by atoms with E-state index in [0.717, 1.165) is 17.5 Å². The van der Waals surface area contributed by atoms with E-state index in [0.29, 0.717) is 6.54 Å². The number of hydrogen-bond acceptors (Lipinski definition) is 1. The monoisotopic (exact) mass is 181 g/mol. The molecule has 1 nitrogen and oxygen atoms in total. The average Bonchev–Trinajstić information content (AvgIpc) is 2.15. The van der Waals surface area contributed by atoms with E-state index in [4.69, 9.17) is 5.73 Å². The molecule has 0 aliphatic carbocycles. The molecule has 2 N–H and O–H groups in total. The summed E-state index contributed by atoms with van der Waals surface area (Å²) in [5.41, 5.74) is 7.56. The zero-order valence-electron chi connectivity index (χ0n) is 8.18. The van der Waals surface area contributed by atoms with E-state index in [2.05, 4.69) is 0 Å². The van der Waals surface area contributed by atoms with Crippen LogP contribution in [0.1, 0.15) is 30.9 Å². The third-order valence-electron chi connectivity index (χ3n) is 2.31. The Balaban J connectivity index is 3.01. The third kappa shape index (κ3) is 2.52. The summed E-state index contributed by atoms with van der Waals surface area (Å²) in [5, 5.41) is 0. The van der Waals surface area contributed by atoms with Crippen LogP contribution in [0.5, 0.6) is 0 Å². The number of halogens is 1. The van der Waals surface area contributed by atoms with E-state index >= 15 is 0 Å². The molecule has 0 saturated heterocycles. The summed E-state index contributed by atoms with van der Waals surface area (Å²) in [4.78, 5) is 0. The van der Waals surface area contributed by atoms with Crippen molar-refractivity contribution in [2.45, 2.75) is 26.2 Å². The Morgan fingerprint density at radius 2 is 2.08 bits per heavy atom. The quantitative estimate of drug-likeness (QED) is 0.761. The van der Waals surface area contributed by atoms with Crippen molar-refractivity contribution in [2.75, 3.05) is 6.54 Å². The Morgan fingerprint density at radius 3 is 2.62 bits per heavy atom. The molecule has 0 bridgehead atoms. The van der Waals surface area contributed by atoms with Crippen molar-refractivity contribution in [3.05, 3.63) is 35.1 Å². The predicted octanol–water partition coefficient (Wildman–Crippen LogP) is 2.45. The third-order valence-corrected chi connectivity index (χ3v) is 2.31. The van der Waals surface area contributed by atoms with Crippen LogP contribution in [-0.2, 0) is 6.42 Å². The topological polar surface area (TPSA) is 26.0 Å². The standard InChI is InChI=1S/C11H16FN/c1-3-9-4-10(8(2)7-13)6-11(12)5-9/h4-6,8H,3,7,13H2,1-2H3. The first kappa shape index (κ1) is 10.2. The number of benzene rings is 1. The van der Waals surface area contributed by atoms with Gasteiger partial charge in [0.1, 0.15) is 5.82 Å². The highest BCUT2D eigenvalue weighted by Crippen LogP contribution is 2.17. The molecule has 0 spiro atoms. The van der Waals surface area contributed by atoms with Gasteiger partial charge in [0.25, 0.3) is 0 Å². The van der Waals surface area contributed by atoms with Gasteiger partial charge in [-0.25, -0.2) is 4.39 Å². The molecule has 2 heteroatoms. The van der Waals surface area contributed by atoms with Gasteiger partial charge in [-0.15, -0.1) is 0 Å². The average molecular weight is 181 g/mol. The van der Waals surface area contributed by atoms with Crippen LogP contribution in [0.4, 0.5) is 4.39 Å². The zero-order valence-corrected chi connectivity index (χ0v) is 8.18. The van der Waals surface area contributed by atoms with Crippen LogP contribution in [0.2, 0.25) is 0 Å². The molecule has 13 heavy (non-hydrogen) atoms. The predicted molar refractivity (Wildman–Crippen MR) is 53.2 cm³/mol. The Kier molecular flexibility index (Phi) is 3.43. The molecule has 0 saturated carbocycles. The van der Waals surface area contributed by atoms with E-state index in [1.165, 1.54) is 0 Å². The fourth-order valence-electron chi connectivity index (χ4n) is 1.30. The molecule has 1 atom stereocenters. The molecule has 0 aliphatic rings. The summed E-state index contributed by atoms with van der Waals surface area (Å²) in [6.07, 6.45) is 0.863. The molecular weight excluding hydrogens is 165 g/mol. The van der Waals surface area contributed by atoms with E-state index in [1.807, 2.05) is 19.9 Å². The molecule has 1 aromatic carbocycles. The number of hydrogen-bond donors (Lipinski definition) is 1. The maximum absolute atomic E-state index is 13.1. The van der Waals surface area contributed by atoms with E-state index in [9.17, 15) is 4.39 Å². The Labute approximate surface area is 78.8 Å². The van der Waals surface area contributed by atoms with Gasteiger partial charge in [-0.1, -0.05) is 19.9 Å². The van der Waals surface area contributed by atoms with Gasteiger partial charge in [-0.2, -0.15) is 0 Å². The smallest absolute Gasteiger partial charge is 0.123 e. The molecule has 0 amide bonds. The minimum atomic E-state index is -0.158. The van der Waals surface area contributed by atoms with Gasteiger partial charge < -0.3 is 5.73 Å². The van der Waals surface area contributed by atoms with Gasteiger partial charge in [0.05, 0.1) is 0 Å². The first-order valence-electron chi connectivity index (χ1n) is 4.66. The van der Waals surface area contributed by atoms with Crippen LogP contribution in [0.25, 0.3) is 0 Å². The van der Waals surface area contributed by atoms with Crippen molar-refractivity contribution in [1.82, 2.24) is 0 Å². The molecule has 0 aliphatic heterocycles. The molecule has 0 aromatic heterocycles. The summed E-state index contributed by atoms with van der Waals surface area (Å²) in [5.74, 6) is 0.0793. The van der Waals surface area contributed by atoms with Crippen LogP contribution in [0.15, 0.2) is 18.2 Å². The number of nitrogens with two attached hydrogens (primary N) is 1. The lowest BCUT2D eigenvalue weighted by Gasteiger charge is -2.10. The Morgan fingerprint density at radius 1 is 1.38 bits per heavy atom. The lowest BCUT2D eigenvalue weighted by Crippen LogP contribution is -2.09. The molecule has 1 unspecified atom stereocenters. The summed E-state index contributed by atoms with van der Waals surface area (Å²) in [6.45, 7) is 4.59. The van der Waals surface area contributed by atoms with Crippen LogP contribution >= 0.6 is 0 Å². The van der Waals surface area contributed by atoms with E-state index < -0.39 is 0 Å². The van der Waals surface area contributed by atoms with Crippen LogP contribution in [-0.4, -0.2) is 6.54 Å². The van der Waals surface area contributed by atoms with Gasteiger partial charge in [0.15, 0.2) is 0 Å². The normalized spacial score (nSPS) is 12.9. The minimum absolute atomic E-state index is 0.158. The van der Waals surface area contributed by atoms with Crippen molar-refractivity contribution >= 4 is 0 Å². The summed E-state index contributed by atoms with van der Waals surface area (Å²) in [6, 6.07) is 5.17. The molecule has 0 fully saturated rings. The SMILES string of the molecule is CCc1cc(F)cc(C(C)CN)c1. The van der Waals surface area contributed by atoms with E-state index in [1.54, 1.807) is 12.1 Å². The van der Waals surface area contributed by atoms with Crippen molar-refractivity contribution in [1.29, 1.82) is 0 Å². The summed E-state index contributed by atoms with van der Waals surface area (Å²) in [7, 11) is 0. The van der Waals surface area contributed by atoms with Gasteiger partial charge in [0.2, 0.25) is 0 Å². The molecule has 0 radical (unpaired) electrons. The second-order valence-corrected chi connectivity index (χ2v) is 3.38. The number of rotatable bonds is 3. The highest BCUT2D eigenvalue weighted by atomic mass is 19.1. The van der Waals surface area contributed by atoms with Crippen LogP contribution in [0.3, 0.4) is 0 Å².